The lowest BCUT2D eigenvalue weighted by Gasteiger charge is -2.18. The summed E-state index contributed by atoms with van der Waals surface area (Å²) in [6.45, 7) is 8.94. The lowest BCUT2D eigenvalue weighted by atomic mass is 10.1. The zero-order valence-corrected chi connectivity index (χ0v) is 22.8. The van der Waals surface area contributed by atoms with E-state index in [1.807, 2.05) is 19.1 Å². The van der Waals surface area contributed by atoms with Crippen molar-refractivity contribution in [3.63, 3.8) is 0 Å². The Labute approximate surface area is 218 Å². The summed E-state index contributed by atoms with van der Waals surface area (Å²) in [7, 11) is 0. The number of nitrogens with zero attached hydrogens (tertiary/aromatic N) is 2. The molecule has 1 atom stereocenters. The Morgan fingerprint density at radius 2 is 1.83 bits per heavy atom. The van der Waals surface area contributed by atoms with Crippen LogP contribution in [0.3, 0.4) is 0 Å². The van der Waals surface area contributed by atoms with Gasteiger partial charge in [-0.25, -0.2) is 0 Å². The predicted molar refractivity (Wildman–Crippen MR) is 147 cm³/mol. The summed E-state index contributed by atoms with van der Waals surface area (Å²) >= 11 is 6.48. The quantitative estimate of drug-likeness (QED) is 0.256. The van der Waals surface area contributed by atoms with Gasteiger partial charge in [-0.3, -0.25) is 14.5 Å². The number of hydrogen-bond donors (Lipinski definition) is 1. The van der Waals surface area contributed by atoms with Crippen LogP contribution in [0.2, 0.25) is 0 Å². The molecule has 1 unspecified atom stereocenters. The van der Waals surface area contributed by atoms with Gasteiger partial charge in [-0.15, -0.1) is 0 Å². The van der Waals surface area contributed by atoms with Crippen molar-refractivity contribution >= 4 is 45.9 Å². The summed E-state index contributed by atoms with van der Waals surface area (Å²) < 4.78 is 6.58. The molecule has 1 saturated heterocycles. The minimum atomic E-state index is -1.06. The molecule has 6 nitrogen and oxygen atoms in total. The Morgan fingerprint density at radius 1 is 1.14 bits per heavy atom. The van der Waals surface area contributed by atoms with Crippen molar-refractivity contribution in [1.82, 2.24) is 4.90 Å². The number of carboxylic acid groups (broad SMARTS) is 1. The van der Waals surface area contributed by atoms with Crippen LogP contribution in [-0.4, -0.2) is 44.5 Å². The molecule has 190 valence electrons. The molecule has 2 aliphatic heterocycles. The van der Waals surface area contributed by atoms with Crippen molar-refractivity contribution in [3.05, 3.63) is 46.9 Å². The normalized spacial score (nSPS) is 19.0. The van der Waals surface area contributed by atoms with Crippen LogP contribution in [0.15, 0.2) is 35.7 Å². The van der Waals surface area contributed by atoms with Crippen LogP contribution in [0.5, 0.6) is 5.75 Å². The number of aliphatic carboxylic acids is 1. The molecule has 8 heteroatoms. The third kappa shape index (κ3) is 7.10. The SMILES string of the molecule is CCCCCCCCN1C(=CC=C(C)CC2SC(=S)N(CC(=O)O)C2=O)Oc2cc(C)c(C)cc21. The van der Waals surface area contributed by atoms with Crippen molar-refractivity contribution in [2.75, 3.05) is 18.0 Å². The van der Waals surface area contributed by atoms with Gasteiger partial charge >= 0.3 is 5.97 Å². The Bertz CT molecular complexity index is 1030. The molecule has 35 heavy (non-hydrogen) atoms. The average molecular weight is 517 g/mol. The van der Waals surface area contributed by atoms with E-state index in [-0.39, 0.29) is 17.7 Å². The Morgan fingerprint density at radius 3 is 2.54 bits per heavy atom. The molecular formula is C27H36N2O4S2. The molecule has 2 heterocycles. The number of anilines is 1. The number of ether oxygens (including phenoxy) is 1. The molecule has 2 aliphatic rings. The van der Waals surface area contributed by atoms with E-state index in [1.54, 1.807) is 0 Å². The molecule has 0 aliphatic carbocycles. The van der Waals surface area contributed by atoms with Crippen LogP contribution in [0, 0.1) is 13.8 Å². The number of carboxylic acids is 1. The molecule has 1 aromatic carbocycles. The maximum Gasteiger partial charge on any atom is 0.323 e. The van der Waals surface area contributed by atoms with Gasteiger partial charge in [0.05, 0.1) is 10.9 Å². The van der Waals surface area contributed by atoms with Crippen LogP contribution < -0.4 is 9.64 Å². The summed E-state index contributed by atoms with van der Waals surface area (Å²) in [6, 6.07) is 4.30. The van der Waals surface area contributed by atoms with Crippen LogP contribution in [0.4, 0.5) is 5.69 Å². The van der Waals surface area contributed by atoms with Gasteiger partial charge in [0, 0.05) is 6.54 Å². The zero-order chi connectivity index (χ0) is 25.5. The first-order valence-corrected chi connectivity index (χ1v) is 13.7. The van der Waals surface area contributed by atoms with E-state index in [9.17, 15) is 9.59 Å². The second kappa shape index (κ2) is 12.6. The van der Waals surface area contributed by atoms with Gasteiger partial charge in [0.25, 0.3) is 0 Å². The van der Waals surface area contributed by atoms with Gasteiger partial charge in [0.15, 0.2) is 5.75 Å². The van der Waals surface area contributed by atoms with Crippen molar-refractivity contribution in [3.8, 4) is 5.75 Å². The zero-order valence-electron chi connectivity index (χ0n) is 21.1. The number of rotatable bonds is 12. The summed E-state index contributed by atoms with van der Waals surface area (Å²) in [4.78, 5) is 27.1. The lowest BCUT2D eigenvalue weighted by molar-refractivity contribution is -0.141. The molecule has 0 bridgehead atoms. The van der Waals surface area contributed by atoms with Crippen LogP contribution in [0.25, 0.3) is 0 Å². The minimum Gasteiger partial charge on any atom is -0.480 e. The number of hydrogen-bond acceptors (Lipinski definition) is 6. The first-order chi connectivity index (χ1) is 16.7. The Kier molecular flexibility index (Phi) is 9.80. The number of amides is 1. The monoisotopic (exact) mass is 516 g/mol. The Hall–Kier alpha value is -2.32. The summed E-state index contributed by atoms with van der Waals surface area (Å²) in [6.07, 6.45) is 11.9. The number of thiocarbonyl (C=S) groups is 1. The van der Waals surface area contributed by atoms with E-state index >= 15 is 0 Å². The van der Waals surface area contributed by atoms with Gasteiger partial charge < -0.3 is 14.7 Å². The van der Waals surface area contributed by atoms with Crippen molar-refractivity contribution in [2.45, 2.75) is 77.9 Å². The number of benzene rings is 1. The maximum absolute atomic E-state index is 12.6. The lowest BCUT2D eigenvalue weighted by Crippen LogP contribution is -2.35. The van der Waals surface area contributed by atoms with E-state index in [0.717, 1.165) is 35.9 Å². The molecule has 0 radical (unpaired) electrons. The van der Waals surface area contributed by atoms with Gasteiger partial charge in [-0.05, 0) is 62.9 Å². The molecule has 3 rings (SSSR count). The Balaban J connectivity index is 1.70. The highest BCUT2D eigenvalue weighted by Gasteiger charge is 2.37. The van der Waals surface area contributed by atoms with Gasteiger partial charge in [0.1, 0.15) is 10.9 Å². The minimum absolute atomic E-state index is 0.233. The van der Waals surface area contributed by atoms with E-state index < -0.39 is 5.97 Å². The first kappa shape index (κ1) is 27.3. The number of aryl methyl sites for hydroxylation is 2. The largest absolute Gasteiger partial charge is 0.480 e. The molecule has 1 aromatic rings. The number of fused-ring (bicyclic) bond motifs is 1. The van der Waals surface area contributed by atoms with Gasteiger partial charge in [0.2, 0.25) is 11.8 Å². The first-order valence-electron chi connectivity index (χ1n) is 12.4. The fourth-order valence-corrected chi connectivity index (χ4v) is 5.84. The molecule has 1 amide bonds. The highest BCUT2D eigenvalue weighted by Crippen LogP contribution is 2.41. The second-order valence-electron chi connectivity index (χ2n) is 9.34. The van der Waals surface area contributed by atoms with E-state index in [0.29, 0.717) is 10.7 Å². The highest BCUT2D eigenvalue weighted by molar-refractivity contribution is 8.24. The van der Waals surface area contributed by atoms with Crippen LogP contribution in [-0.2, 0) is 9.59 Å². The summed E-state index contributed by atoms with van der Waals surface area (Å²) in [5.41, 5.74) is 4.56. The van der Waals surface area contributed by atoms with E-state index in [2.05, 4.69) is 37.8 Å². The molecule has 1 N–H and O–H groups in total. The highest BCUT2D eigenvalue weighted by atomic mass is 32.2. The number of allylic oxidation sites excluding steroid dienone is 3. The topological polar surface area (TPSA) is 70.1 Å². The fourth-order valence-electron chi connectivity index (χ4n) is 4.24. The number of carbonyl (C=O) groups is 2. The fraction of sp³-hybridized carbons (Fsp3) is 0.519. The van der Waals surface area contributed by atoms with Gasteiger partial charge in [-0.2, -0.15) is 0 Å². The third-order valence-electron chi connectivity index (χ3n) is 6.40. The number of unbranched alkanes of at least 4 members (excludes halogenated alkanes) is 5. The van der Waals surface area contributed by atoms with Crippen molar-refractivity contribution in [1.29, 1.82) is 0 Å². The van der Waals surface area contributed by atoms with Crippen LogP contribution in [0.1, 0.15) is 69.9 Å². The third-order valence-corrected chi connectivity index (χ3v) is 7.98. The smallest absolute Gasteiger partial charge is 0.323 e. The molecule has 0 aromatic heterocycles. The van der Waals surface area contributed by atoms with E-state index in [1.165, 1.54) is 59.9 Å². The predicted octanol–water partition coefficient (Wildman–Crippen LogP) is 6.35. The van der Waals surface area contributed by atoms with Gasteiger partial charge in [-0.1, -0.05) is 74.7 Å². The molecule has 0 saturated carbocycles. The molecule has 0 spiro atoms. The summed E-state index contributed by atoms with van der Waals surface area (Å²) in [5.74, 6) is 0.384. The summed E-state index contributed by atoms with van der Waals surface area (Å²) in [5, 5.41) is 8.65. The average Bonchev–Trinajstić information content (AvgIpc) is 3.26. The van der Waals surface area contributed by atoms with Crippen molar-refractivity contribution < 1.29 is 19.4 Å². The van der Waals surface area contributed by atoms with E-state index in [4.69, 9.17) is 22.1 Å². The maximum atomic E-state index is 12.6. The van der Waals surface area contributed by atoms with Crippen molar-refractivity contribution in [2.24, 2.45) is 0 Å². The second-order valence-corrected chi connectivity index (χ2v) is 11.2. The molecular weight excluding hydrogens is 480 g/mol. The molecule has 1 fully saturated rings. The standard InChI is InChI=1S/C27H36N2O4S2/c1-5-6-7-8-9-10-13-28-21-15-19(3)20(4)16-22(21)33-24(28)12-11-18(2)14-23-26(32)29(17-25(30)31)27(34)35-23/h11-12,15-16,23H,5-10,13-14,17H2,1-4H3,(H,30,31). The van der Waals surface area contributed by atoms with Crippen LogP contribution >= 0.6 is 24.0 Å². The number of thioether (sulfide) groups is 1. The number of carbonyl (C=O) groups excluding carboxylic acids is 1.